The summed E-state index contributed by atoms with van der Waals surface area (Å²) in [7, 11) is 0. The van der Waals surface area contributed by atoms with Gasteiger partial charge in [-0.3, -0.25) is 14.5 Å². The Morgan fingerprint density at radius 2 is 1.77 bits per heavy atom. The average Bonchev–Trinajstić information content (AvgIpc) is 3.50. The summed E-state index contributed by atoms with van der Waals surface area (Å²) in [5.41, 5.74) is 1.15. The number of para-hydroxylation sites is 2. The lowest BCUT2D eigenvalue weighted by Crippen LogP contribution is -2.47. The van der Waals surface area contributed by atoms with E-state index in [1.807, 2.05) is 40.1 Å². The summed E-state index contributed by atoms with van der Waals surface area (Å²) in [5.74, 6) is 0.340. The predicted octanol–water partition coefficient (Wildman–Crippen LogP) is 4.60. The van der Waals surface area contributed by atoms with E-state index in [-0.39, 0.29) is 42.5 Å². The van der Waals surface area contributed by atoms with Crippen LogP contribution in [0, 0.1) is 11.8 Å². The molecule has 2 amide bonds. The number of fused-ring (bicyclic) bond motifs is 3. The maximum Gasteiger partial charge on any atom is 0.573 e. The van der Waals surface area contributed by atoms with E-state index in [9.17, 15) is 22.8 Å². The number of likely N-dealkylation sites (tertiary alicyclic amines) is 1. The molecule has 0 aliphatic carbocycles. The standard InChI is InChI=1S/C33H41F3N4O4/c34-33(35,36)44-30-12-4-2-9-28(30)22-39-21-27-8-1-3-11-29(27)43-19-7-10-26-23-40(32(42)24-39)17-13-25(26)20-31(41)37-14-18-38-15-5-6-16-38/h1-4,7-12,25-26H,5-6,13-24H2,(H,37,41)/b10-7-/t25-,26-/m0/s1. The quantitative estimate of drug-likeness (QED) is 0.439. The van der Waals surface area contributed by atoms with Gasteiger partial charge >= 0.3 is 6.36 Å². The van der Waals surface area contributed by atoms with E-state index in [4.69, 9.17) is 4.74 Å². The van der Waals surface area contributed by atoms with Crippen molar-refractivity contribution >= 4 is 11.8 Å². The van der Waals surface area contributed by atoms with Gasteiger partial charge in [-0.15, -0.1) is 13.2 Å². The highest BCUT2D eigenvalue weighted by molar-refractivity contribution is 5.79. The topological polar surface area (TPSA) is 74.3 Å². The molecule has 1 N–H and O–H groups in total. The monoisotopic (exact) mass is 614 g/mol. The van der Waals surface area contributed by atoms with Gasteiger partial charge in [0.2, 0.25) is 11.8 Å². The minimum absolute atomic E-state index is 0.00672. The lowest BCUT2D eigenvalue weighted by atomic mass is 9.82. The Balaban J connectivity index is 1.30. The fourth-order valence-corrected chi connectivity index (χ4v) is 6.34. The Hall–Kier alpha value is -3.57. The third kappa shape index (κ3) is 9.22. The van der Waals surface area contributed by atoms with Gasteiger partial charge in [0.05, 0.1) is 6.54 Å². The van der Waals surface area contributed by atoms with Gasteiger partial charge in [-0.05, 0) is 56.3 Å². The highest BCUT2D eigenvalue weighted by Crippen LogP contribution is 2.31. The molecule has 11 heteroatoms. The van der Waals surface area contributed by atoms with Crippen LogP contribution in [-0.2, 0) is 22.7 Å². The van der Waals surface area contributed by atoms with Crippen molar-refractivity contribution in [3.63, 3.8) is 0 Å². The van der Waals surface area contributed by atoms with Crippen LogP contribution in [-0.4, -0.2) is 85.3 Å². The average molecular weight is 615 g/mol. The van der Waals surface area contributed by atoms with E-state index in [1.54, 1.807) is 12.1 Å². The molecule has 2 aromatic carbocycles. The molecule has 2 bridgehead atoms. The molecule has 3 aliphatic heterocycles. The lowest BCUT2D eigenvalue weighted by Gasteiger charge is -2.38. The number of carbonyl (C=O) groups is 2. The molecule has 0 radical (unpaired) electrons. The van der Waals surface area contributed by atoms with E-state index in [1.165, 1.54) is 25.0 Å². The first kappa shape index (κ1) is 31.8. The smallest absolute Gasteiger partial charge is 0.489 e. The predicted molar refractivity (Wildman–Crippen MR) is 160 cm³/mol. The number of alkyl halides is 3. The van der Waals surface area contributed by atoms with Crippen molar-refractivity contribution in [1.82, 2.24) is 20.0 Å². The Bertz CT molecular complexity index is 1300. The van der Waals surface area contributed by atoms with Gasteiger partial charge in [-0.1, -0.05) is 48.6 Å². The van der Waals surface area contributed by atoms with E-state index >= 15 is 0 Å². The molecule has 238 valence electrons. The van der Waals surface area contributed by atoms with E-state index < -0.39 is 6.36 Å². The number of ether oxygens (including phenoxy) is 2. The molecular weight excluding hydrogens is 573 g/mol. The first-order valence-electron chi connectivity index (χ1n) is 15.4. The summed E-state index contributed by atoms with van der Waals surface area (Å²) in [6.07, 6.45) is 2.69. The SMILES string of the molecule is O=C(C[C@@H]1CCN2C[C@@H]1/C=C\COc1ccccc1CN(Cc1ccccc1OC(F)(F)F)CC2=O)NCCN1CCCC1. The van der Waals surface area contributed by atoms with E-state index in [0.29, 0.717) is 56.9 Å². The van der Waals surface area contributed by atoms with Gasteiger partial charge in [0, 0.05) is 56.8 Å². The second-order valence-corrected chi connectivity index (χ2v) is 11.8. The maximum absolute atomic E-state index is 13.7. The van der Waals surface area contributed by atoms with Gasteiger partial charge < -0.3 is 24.6 Å². The Kier molecular flexibility index (Phi) is 10.8. The van der Waals surface area contributed by atoms with Crippen LogP contribution in [0.1, 0.15) is 36.8 Å². The number of amides is 2. The molecule has 3 heterocycles. The summed E-state index contributed by atoms with van der Waals surface area (Å²) in [4.78, 5) is 32.5. The highest BCUT2D eigenvalue weighted by atomic mass is 19.4. The Morgan fingerprint density at radius 1 is 1.00 bits per heavy atom. The fraction of sp³-hybridized carbons (Fsp3) is 0.515. The molecule has 0 unspecified atom stereocenters. The van der Waals surface area contributed by atoms with E-state index in [2.05, 4.69) is 21.0 Å². The molecule has 0 saturated carbocycles. The number of hydrogen-bond donors (Lipinski definition) is 1. The van der Waals surface area contributed by atoms with E-state index in [0.717, 1.165) is 25.2 Å². The van der Waals surface area contributed by atoms with Crippen LogP contribution in [0.3, 0.4) is 0 Å². The minimum Gasteiger partial charge on any atom is -0.489 e. The second kappa shape index (κ2) is 14.9. The van der Waals surface area contributed by atoms with Gasteiger partial charge in [-0.2, -0.15) is 0 Å². The zero-order chi connectivity index (χ0) is 30.9. The lowest BCUT2D eigenvalue weighted by molar-refractivity contribution is -0.275. The first-order valence-corrected chi connectivity index (χ1v) is 15.4. The number of hydrogen-bond acceptors (Lipinski definition) is 6. The molecule has 5 rings (SSSR count). The highest BCUT2D eigenvalue weighted by Gasteiger charge is 2.34. The van der Waals surface area contributed by atoms with Crippen LogP contribution in [0.2, 0.25) is 0 Å². The zero-order valence-electron chi connectivity index (χ0n) is 24.9. The van der Waals surface area contributed by atoms with Crippen molar-refractivity contribution in [3.8, 4) is 11.5 Å². The summed E-state index contributed by atoms with van der Waals surface area (Å²) in [6, 6.07) is 13.5. The second-order valence-electron chi connectivity index (χ2n) is 11.8. The molecule has 2 atom stereocenters. The van der Waals surface area contributed by atoms with Crippen LogP contribution in [0.5, 0.6) is 11.5 Å². The van der Waals surface area contributed by atoms with Crippen molar-refractivity contribution < 1.29 is 32.2 Å². The van der Waals surface area contributed by atoms with Crippen LogP contribution < -0.4 is 14.8 Å². The number of halogens is 3. The van der Waals surface area contributed by atoms with Crippen LogP contribution in [0.4, 0.5) is 13.2 Å². The normalized spacial score (nSPS) is 22.6. The third-order valence-corrected chi connectivity index (χ3v) is 8.59. The van der Waals surface area contributed by atoms with Crippen molar-refractivity contribution in [3.05, 3.63) is 71.8 Å². The summed E-state index contributed by atoms with van der Waals surface area (Å²) in [6.45, 7) is 5.36. The van der Waals surface area contributed by atoms with Gasteiger partial charge in [0.25, 0.3) is 0 Å². The number of benzene rings is 2. The van der Waals surface area contributed by atoms with Gasteiger partial charge in [0.15, 0.2) is 0 Å². The van der Waals surface area contributed by atoms with Crippen molar-refractivity contribution in [2.45, 2.75) is 45.1 Å². The van der Waals surface area contributed by atoms with Crippen molar-refractivity contribution in [2.75, 3.05) is 52.4 Å². The number of piperidine rings is 1. The summed E-state index contributed by atoms with van der Waals surface area (Å²) >= 11 is 0. The number of nitrogens with zero attached hydrogens (tertiary/aromatic N) is 3. The minimum atomic E-state index is -4.83. The molecule has 44 heavy (non-hydrogen) atoms. The molecule has 2 saturated heterocycles. The van der Waals surface area contributed by atoms with Gasteiger partial charge in [-0.25, -0.2) is 0 Å². The molecular formula is C33H41F3N4O4. The number of carbonyl (C=O) groups excluding carboxylic acids is 2. The largest absolute Gasteiger partial charge is 0.573 e. The molecule has 3 aliphatic rings. The Morgan fingerprint density at radius 3 is 2.59 bits per heavy atom. The maximum atomic E-state index is 13.7. The Labute approximate surface area is 256 Å². The van der Waals surface area contributed by atoms with Crippen molar-refractivity contribution in [1.29, 1.82) is 0 Å². The van der Waals surface area contributed by atoms with Crippen LogP contribution in [0.15, 0.2) is 60.7 Å². The zero-order valence-corrected chi connectivity index (χ0v) is 24.9. The molecule has 2 aromatic rings. The third-order valence-electron chi connectivity index (χ3n) is 8.59. The summed E-state index contributed by atoms with van der Waals surface area (Å²) in [5, 5.41) is 3.08. The number of rotatable bonds is 8. The summed E-state index contributed by atoms with van der Waals surface area (Å²) < 4.78 is 49.8. The molecule has 0 aromatic heterocycles. The first-order chi connectivity index (χ1) is 21.2. The van der Waals surface area contributed by atoms with Gasteiger partial charge in [0.1, 0.15) is 18.1 Å². The fourth-order valence-electron chi connectivity index (χ4n) is 6.34. The molecule has 8 nitrogen and oxygen atoms in total. The number of nitrogens with one attached hydrogen (secondary N) is 1. The van der Waals surface area contributed by atoms with Crippen molar-refractivity contribution in [2.24, 2.45) is 11.8 Å². The molecule has 0 spiro atoms. The van der Waals surface area contributed by atoms with Crippen LogP contribution >= 0.6 is 0 Å². The van der Waals surface area contributed by atoms with Crippen LogP contribution in [0.25, 0.3) is 0 Å². The molecule has 2 fully saturated rings.